The van der Waals surface area contributed by atoms with Crippen LogP contribution in [-0.4, -0.2) is 45.6 Å². The Morgan fingerprint density at radius 2 is 1.82 bits per heavy atom. The van der Waals surface area contributed by atoms with Gasteiger partial charge in [-0.15, -0.1) is 0 Å². The molecular weight excluding hydrogens is 530 g/mol. The van der Waals surface area contributed by atoms with Crippen molar-refractivity contribution in [2.45, 2.75) is 92.8 Å². The van der Waals surface area contributed by atoms with Gasteiger partial charge in [0.2, 0.25) is 11.8 Å². The number of pyridine rings is 1. The summed E-state index contributed by atoms with van der Waals surface area (Å²) in [6.07, 6.45) is 6.28. The maximum atomic E-state index is 15.9. The second-order valence-electron chi connectivity index (χ2n) is 11.2. The van der Waals surface area contributed by atoms with Gasteiger partial charge in [0.25, 0.3) is 0 Å². The SMILES string of the molecule is O=C(NC1CCC(O)CC1)[C@@H]1NC2(CCCCC2)[C@@]2(C(=O)Nc3nc(Cl)ccc32)[C@H]1c1cccc(Cl)c1F. The molecule has 2 amide bonds. The van der Waals surface area contributed by atoms with Gasteiger partial charge in [-0.25, -0.2) is 9.37 Å². The van der Waals surface area contributed by atoms with E-state index < -0.39 is 28.7 Å². The molecule has 3 atom stereocenters. The third-order valence-electron chi connectivity index (χ3n) is 9.21. The zero-order valence-corrected chi connectivity index (χ0v) is 22.4. The molecule has 0 bridgehead atoms. The van der Waals surface area contributed by atoms with E-state index in [0.29, 0.717) is 49.9 Å². The number of benzene rings is 1. The molecule has 6 rings (SSSR count). The standard InChI is InChI=1S/C28H31Cl2FN4O3/c29-19-6-4-5-17(22(19)31)21-23(25(37)32-15-7-9-16(36)10-8-15)35-27(13-2-1-3-14-27)28(21)18-11-12-20(30)33-24(18)34-26(28)38/h4-6,11-12,15-16,21,23,35-36H,1-3,7-10,13-14H2,(H,32,37)(H,33,34,38)/t15?,16?,21-,23+,28+/m0/s1. The van der Waals surface area contributed by atoms with Crippen LogP contribution in [0.1, 0.15) is 74.8 Å². The van der Waals surface area contributed by atoms with Crippen molar-refractivity contribution in [2.75, 3.05) is 5.32 Å². The van der Waals surface area contributed by atoms with Crippen molar-refractivity contribution in [1.82, 2.24) is 15.6 Å². The first-order valence-electron chi connectivity index (χ1n) is 13.5. The summed E-state index contributed by atoms with van der Waals surface area (Å²) in [5.74, 6) is -1.74. The summed E-state index contributed by atoms with van der Waals surface area (Å²) in [7, 11) is 0. The van der Waals surface area contributed by atoms with Crippen molar-refractivity contribution >= 4 is 40.8 Å². The average Bonchev–Trinajstić information content (AvgIpc) is 3.35. The Hall–Kier alpha value is -2.26. The first kappa shape index (κ1) is 26.0. The number of amides is 2. The molecule has 2 aliphatic heterocycles. The first-order valence-corrected chi connectivity index (χ1v) is 14.2. The molecule has 2 aliphatic carbocycles. The van der Waals surface area contributed by atoms with Crippen molar-refractivity contribution in [1.29, 1.82) is 0 Å². The smallest absolute Gasteiger partial charge is 0.238 e. The van der Waals surface area contributed by atoms with Crippen LogP contribution in [0.4, 0.5) is 10.2 Å². The normalized spacial score (nSPS) is 31.8. The quantitative estimate of drug-likeness (QED) is 0.411. The van der Waals surface area contributed by atoms with E-state index in [1.165, 1.54) is 6.07 Å². The van der Waals surface area contributed by atoms with Gasteiger partial charge in [-0.05, 0) is 56.2 Å². The number of aliphatic hydroxyl groups excluding tert-OH is 1. The predicted octanol–water partition coefficient (Wildman–Crippen LogP) is 4.60. The molecule has 202 valence electrons. The second kappa shape index (κ2) is 9.73. The minimum atomic E-state index is -1.30. The third-order valence-corrected chi connectivity index (χ3v) is 9.71. The minimum Gasteiger partial charge on any atom is -0.393 e. The van der Waals surface area contributed by atoms with Gasteiger partial charge in [0, 0.05) is 23.1 Å². The monoisotopic (exact) mass is 560 g/mol. The summed E-state index contributed by atoms with van der Waals surface area (Å²) in [4.78, 5) is 32.7. The molecule has 0 unspecified atom stereocenters. The van der Waals surface area contributed by atoms with Crippen LogP contribution in [0, 0.1) is 5.82 Å². The summed E-state index contributed by atoms with van der Waals surface area (Å²) >= 11 is 12.5. The zero-order valence-electron chi connectivity index (χ0n) is 20.9. The van der Waals surface area contributed by atoms with Gasteiger partial charge in [0.05, 0.1) is 17.2 Å². The van der Waals surface area contributed by atoms with Gasteiger partial charge in [0.1, 0.15) is 22.2 Å². The minimum absolute atomic E-state index is 0.0597. The number of aliphatic hydroxyl groups is 1. The molecule has 1 saturated heterocycles. The fourth-order valence-electron chi connectivity index (χ4n) is 7.60. The highest BCUT2D eigenvalue weighted by atomic mass is 35.5. The average molecular weight is 561 g/mol. The summed E-state index contributed by atoms with van der Waals surface area (Å²) < 4.78 is 15.9. The number of anilines is 1. The van der Waals surface area contributed by atoms with Crippen LogP contribution >= 0.6 is 23.2 Å². The van der Waals surface area contributed by atoms with Crippen molar-refractivity contribution in [3.63, 3.8) is 0 Å². The van der Waals surface area contributed by atoms with Gasteiger partial charge >= 0.3 is 0 Å². The largest absolute Gasteiger partial charge is 0.393 e. The Morgan fingerprint density at radius 1 is 1.08 bits per heavy atom. The van der Waals surface area contributed by atoms with E-state index in [-0.39, 0.29) is 39.7 Å². The Labute approximate surface area is 230 Å². The first-order chi connectivity index (χ1) is 18.3. The Balaban J connectivity index is 1.53. The topological polar surface area (TPSA) is 103 Å². The van der Waals surface area contributed by atoms with Crippen molar-refractivity contribution in [3.05, 3.63) is 57.5 Å². The highest BCUT2D eigenvalue weighted by molar-refractivity contribution is 6.31. The Bertz CT molecular complexity index is 1280. The fourth-order valence-corrected chi connectivity index (χ4v) is 7.93. The molecule has 3 fully saturated rings. The van der Waals surface area contributed by atoms with E-state index in [0.717, 1.165) is 19.3 Å². The molecule has 0 radical (unpaired) electrons. The van der Waals surface area contributed by atoms with E-state index in [1.54, 1.807) is 24.3 Å². The van der Waals surface area contributed by atoms with Crippen LogP contribution in [0.15, 0.2) is 30.3 Å². The maximum absolute atomic E-state index is 15.9. The number of halogens is 3. The van der Waals surface area contributed by atoms with Crippen LogP contribution in [0.3, 0.4) is 0 Å². The number of fused-ring (bicyclic) bond motifs is 3. The van der Waals surface area contributed by atoms with E-state index in [4.69, 9.17) is 23.2 Å². The van der Waals surface area contributed by atoms with Crippen LogP contribution in [-0.2, 0) is 15.0 Å². The maximum Gasteiger partial charge on any atom is 0.238 e. The molecule has 2 spiro atoms. The zero-order chi connectivity index (χ0) is 26.7. The van der Waals surface area contributed by atoms with Crippen LogP contribution in [0.2, 0.25) is 10.2 Å². The van der Waals surface area contributed by atoms with E-state index in [9.17, 15) is 14.7 Å². The molecule has 2 aromatic rings. The van der Waals surface area contributed by atoms with Gasteiger partial charge in [-0.2, -0.15) is 0 Å². The Kier molecular flexibility index (Phi) is 6.66. The van der Waals surface area contributed by atoms with Gasteiger partial charge < -0.3 is 15.7 Å². The number of nitrogens with one attached hydrogen (secondary N) is 3. The fraction of sp³-hybridized carbons (Fsp3) is 0.536. The molecule has 7 nitrogen and oxygen atoms in total. The lowest BCUT2D eigenvalue weighted by molar-refractivity contribution is -0.125. The van der Waals surface area contributed by atoms with Gasteiger partial charge in [-0.3, -0.25) is 14.9 Å². The van der Waals surface area contributed by atoms with Crippen LogP contribution in [0.5, 0.6) is 0 Å². The molecule has 10 heteroatoms. The number of aromatic nitrogens is 1. The third kappa shape index (κ3) is 3.86. The number of rotatable bonds is 3. The lowest BCUT2D eigenvalue weighted by Crippen LogP contribution is -2.60. The number of carbonyl (C=O) groups is 2. The molecule has 4 N–H and O–H groups in total. The summed E-state index contributed by atoms with van der Waals surface area (Å²) in [5, 5.41) is 19.8. The molecule has 38 heavy (non-hydrogen) atoms. The highest BCUT2D eigenvalue weighted by Crippen LogP contribution is 2.62. The van der Waals surface area contributed by atoms with Crippen molar-refractivity contribution in [3.8, 4) is 0 Å². The van der Waals surface area contributed by atoms with Crippen molar-refractivity contribution < 1.29 is 19.1 Å². The predicted molar refractivity (Wildman–Crippen MR) is 143 cm³/mol. The number of nitrogens with zero attached hydrogens (tertiary/aromatic N) is 1. The number of hydrogen-bond acceptors (Lipinski definition) is 5. The summed E-state index contributed by atoms with van der Waals surface area (Å²) in [5.41, 5.74) is -1.23. The molecule has 1 aromatic carbocycles. The van der Waals surface area contributed by atoms with E-state index >= 15 is 4.39 Å². The number of carbonyl (C=O) groups excluding carboxylic acids is 2. The Morgan fingerprint density at radius 3 is 2.55 bits per heavy atom. The van der Waals surface area contributed by atoms with Crippen LogP contribution < -0.4 is 16.0 Å². The molecule has 1 aromatic heterocycles. The van der Waals surface area contributed by atoms with Crippen molar-refractivity contribution in [2.24, 2.45) is 0 Å². The summed E-state index contributed by atoms with van der Waals surface area (Å²) in [6.45, 7) is 0. The van der Waals surface area contributed by atoms with E-state index in [2.05, 4.69) is 20.9 Å². The molecule has 2 saturated carbocycles. The highest BCUT2D eigenvalue weighted by Gasteiger charge is 2.72. The summed E-state index contributed by atoms with van der Waals surface area (Å²) in [6, 6.07) is 7.21. The van der Waals surface area contributed by atoms with E-state index in [1.807, 2.05) is 0 Å². The lowest BCUT2D eigenvalue weighted by atomic mass is 9.55. The van der Waals surface area contributed by atoms with Crippen LogP contribution in [0.25, 0.3) is 0 Å². The van der Waals surface area contributed by atoms with Gasteiger partial charge in [0.15, 0.2) is 0 Å². The molecule has 3 heterocycles. The second-order valence-corrected chi connectivity index (χ2v) is 12.0. The number of hydrogen-bond donors (Lipinski definition) is 4. The molecular formula is C28H31Cl2FN4O3. The lowest BCUT2D eigenvalue weighted by Gasteiger charge is -2.46. The molecule has 4 aliphatic rings. The van der Waals surface area contributed by atoms with Gasteiger partial charge in [-0.1, -0.05) is 60.7 Å².